The van der Waals surface area contributed by atoms with Crippen molar-refractivity contribution in [1.29, 1.82) is 0 Å². The number of hydrogen-bond donors (Lipinski definition) is 0. The van der Waals surface area contributed by atoms with Gasteiger partial charge < -0.3 is 9.13 Å². The number of nitrogens with zero attached hydrogens (tertiary/aromatic N) is 2. The summed E-state index contributed by atoms with van der Waals surface area (Å²) in [6.07, 6.45) is 6.67. The Morgan fingerprint density at radius 1 is 0.432 bits per heavy atom. The molecule has 13 rings (SSSR count). The van der Waals surface area contributed by atoms with Crippen molar-refractivity contribution in [2.75, 3.05) is 0 Å². The monoisotopic (exact) mass is 1040 g/mol. The standard InChI is InChI=1S/C66H58B12N2S/c67-51-48(64-49(52(68)54(51)70)50-53(69)55(71)57(73)60(76)65(50)79(64)38-22-10-3-11-23-38)37-30-31-47-45(32-37)42-28-16-17-29-46(42)80(47)63-43(35-18-6-1-7-19-35)33-41(34-44(63)36-20-8-2-9-21-36)81(39-24-12-4-13-25-39,40-26-14-5-15-27-40)66-61(77)58(74)56(72)59(75)62(66)78/h1-8,10-16,18-20,22-28,30-34H,17,29,67-78H2. The molecule has 12 aromatic rings. The van der Waals surface area contributed by atoms with Crippen molar-refractivity contribution in [2.45, 2.75) is 32.4 Å². The Hall–Kier alpha value is -7.77. The number of rotatable bonds is 9. The summed E-state index contributed by atoms with van der Waals surface area (Å²) < 4.78 is 5.25. The smallest absolute Gasteiger partial charge is 0.141 e. The van der Waals surface area contributed by atoms with E-state index in [4.69, 9.17) is 0 Å². The van der Waals surface area contributed by atoms with Crippen molar-refractivity contribution in [2.24, 2.45) is 0 Å². The molecule has 2 heterocycles. The van der Waals surface area contributed by atoms with Gasteiger partial charge in [-0.05, 0) is 113 Å². The first kappa shape index (κ1) is 52.6. The lowest BCUT2D eigenvalue weighted by Gasteiger charge is -2.46. The zero-order valence-electron chi connectivity index (χ0n) is 49.0. The average molecular weight is 1040 g/mol. The molecule has 0 saturated carbocycles. The molecule has 10 aromatic carbocycles. The second-order valence-electron chi connectivity index (χ2n) is 22.9. The van der Waals surface area contributed by atoms with Gasteiger partial charge >= 0.3 is 0 Å². The fourth-order valence-corrected chi connectivity index (χ4v) is 18.5. The van der Waals surface area contributed by atoms with Crippen LogP contribution in [0, 0.1) is 12.1 Å². The summed E-state index contributed by atoms with van der Waals surface area (Å²) in [6, 6.07) is 71.1. The Morgan fingerprint density at radius 2 is 0.975 bits per heavy atom. The molecule has 0 fully saturated rings. The van der Waals surface area contributed by atoms with E-state index in [-0.39, 0.29) is 0 Å². The Balaban J connectivity index is 1.18. The molecular formula is C66H58B12N2S. The first-order valence-corrected chi connectivity index (χ1v) is 30.5. The van der Waals surface area contributed by atoms with Gasteiger partial charge in [0.1, 0.15) is 94.2 Å². The second-order valence-corrected chi connectivity index (χ2v) is 25.9. The third-order valence-corrected chi connectivity index (χ3v) is 23.2. The number of aromatic nitrogens is 2. The maximum absolute atomic E-state index is 3.70. The third-order valence-electron chi connectivity index (χ3n) is 19.1. The lowest BCUT2D eigenvalue weighted by molar-refractivity contribution is 0.889. The van der Waals surface area contributed by atoms with Crippen LogP contribution in [0.3, 0.4) is 0 Å². The zero-order valence-corrected chi connectivity index (χ0v) is 49.9. The van der Waals surface area contributed by atoms with Gasteiger partial charge in [-0.15, -0.1) is 31.9 Å². The molecule has 1 aliphatic rings. The van der Waals surface area contributed by atoms with Crippen molar-refractivity contribution < 1.29 is 0 Å². The summed E-state index contributed by atoms with van der Waals surface area (Å²) in [4.78, 5) is 5.33. The van der Waals surface area contributed by atoms with E-state index in [0.717, 1.165) is 24.0 Å². The molecule has 0 spiro atoms. The van der Waals surface area contributed by atoms with E-state index in [2.05, 4.69) is 291 Å². The lowest BCUT2D eigenvalue weighted by atomic mass is 9.62. The summed E-state index contributed by atoms with van der Waals surface area (Å²) in [7, 11) is 25.8. The highest BCUT2D eigenvalue weighted by molar-refractivity contribution is 8.34. The van der Waals surface area contributed by atoms with E-state index in [0.29, 0.717) is 0 Å². The zero-order chi connectivity index (χ0) is 56.2. The molecule has 374 valence electrons. The molecule has 1 aliphatic carbocycles. The Bertz CT molecular complexity index is 4450. The van der Waals surface area contributed by atoms with Crippen LogP contribution >= 0.6 is 10.0 Å². The lowest BCUT2D eigenvalue weighted by Crippen LogP contribution is -2.56. The van der Waals surface area contributed by atoms with Crippen LogP contribution in [0.15, 0.2) is 196 Å². The minimum absolute atomic E-state index is 0.909. The largest absolute Gasteiger partial charge is 0.312 e. The highest BCUT2D eigenvalue weighted by Gasteiger charge is 2.39. The van der Waals surface area contributed by atoms with Gasteiger partial charge in [-0.3, -0.25) is 0 Å². The predicted molar refractivity (Wildman–Crippen MR) is 387 cm³/mol. The molecule has 0 bridgehead atoms. The highest BCUT2D eigenvalue weighted by Crippen LogP contribution is 2.73. The predicted octanol–water partition coefficient (Wildman–Crippen LogP) is -3.27. The maximum Gasteiger partial charge on any atom is 0.141 e. The molecule has 15 heteroatoms. The van der Waals surface area contributed by atoms with E-state index in [9.17, 15) is 0 Å². The summed E-state index contributed by atoms with van der Waals surface area (Å²) >= 11 is 0. The molecule has 0 amide bonds. The van der Waals surface area contributed by atoms with Crippen LogP contribution in [0.1, 0.15) is 17.7 Å². The van der Waals surface area contributed by atoms with Crippen LogP contribution in [-0.4, -0.2) is 103 Å². The summed E-state index contributed by atoms with van der Waals surface area (Å²) in [5.74, 6) is 0. The van der Waals surface area contributed by atoms with Gasteiger partial charge in [0.05, 0.1) is 16.7 Å². The fraction of sp³-hybridized carbons (Fsp3) is 0.0303. The van der Waals surface area contributed by atoms with Gasteiger partial charge in [0, 0.05) is 64.6 Å². The van der Waals surface area contributed by atoms with E-state index < -0.39 is 10.0 Å². The molecule has 0 N–H and O–H groups in total. The van der Waals surface area contributed by atoms with Crippen molar-refractivity contribution in [3.05, 3.63) is 199 Å². The number of hydrogen-bond acceptors (Lipinski definition) is 0. The molecular weight excluding hydrogens is 983 g/mol. The van der Waals surface area contributed by atoms with Gasteiger partial charge in [0.2, 0.25) is 0 Å². The van der Waals surface area contributed by atoms with Crippen molar-refractivity contribution in [1.82, 2.24) is 9.13 Å². The van der Waals surface area contributed by atoms with Gasteiger partial charge in [0.15, 0.2) is 0 Å². The number of para-hydroxylation sites is 1. The second kappa shape index (κ2) is 20.3. The van der Waals surface area contributed by atoms with Gasteiger partial charge in [-0.2, -0.15) is 0 Å². The number of fused-ring (bicyclic) bond motifs is 6. The highest BCUT2D eigenvalue weighted by atomic mass is 32.3. The van der Waals surface area contributed by atoms with Crippen LogP contribution < -0.4 is 65.6 Å². The van der Waals surface area contributed by atoms with Gasteiger partial charge in [-0.25, -0.2) is 0 Å². The van der Waals surface area contributed by atoms with E-state index in [1.54, 1.807) is 0 Å². The maximum atomic E-state index is 3.70. The quantitative estimate of drug-likeness (QED) is 0.135. The minimum Gasteiger partial charge on any atom is -0.312 e. The molecule has 2 aromatic heterocycles. The van der Waals surface area contributed by atoms with Crippen LogP contribution in [0.25, 0.3) is 83.5 Å². The number of benzene rings is 9. The molecule has 0 aliphatic heterocycles. The van der Waals surface area contributed by atoms with E-state index >= 15 is 0 Å². The van der Waals surface area contributed by atoms with Crippen molar-refractivity contribution in [3.8, 4) is 44.8 Å². The fourth-order valence-electron chi connectivity index (χ4n) is 14.0. The Kier molecular flexibility index (Phi) is 13.2. The molecule has 0 radical (unpaired) electrons. The topological polar surface area (TPSA) is 9.86 Å². The molecule has 0 atom stereocenters. The van der Waals surface area contributed by atoms with Crippen molar-refractivity contribution >= 4 is 209 Å². The van der Waals surface area contributed by atoms with Gasteiger partial charge in [0.25, 0.3) is 0 Å². The van der Waals surface area contributed by atoms with Gasteiger partial charge in [-0.1, -0.05) is 165 Å². The molecule has 0 saturated heterocycles. The minimum atomic E-state index is -2.20. The Labute approximate surface area is 490 Å². The summed E-state index contributed by atoms with van der Waals surface area (Å²) in [6.45, 7) is 0. The van der Waals surface area contributed by atoms with Crippen LogP contribution in [-0.2, 0) is 6.42 Å². The normalized spacial score (nSPS) is 12.5. The first-order valence-electron chi connectivity index (χ1n) is 28.8. The molecule has 81 heavy (non-hydrogen) atoms. The number of allylic oxidation sites excluding steroid dienone is 1. The third kappa shape index (κ3) is 7.91. The Morgan fingerprint density at radius 3 is 1.59 bits per heavy atom. The summed E-state index contributed by atoms with van der Waals surface area (Å²) in [5, 5.41) is 3.98. The summed E-state index contributed by atoms with van der Waals surface area (Å²) in [5.41, 5.74) is 32.0. The molecule has 2 nitrogen and oxygen atoms in total. The van der Waals surface area contributed by atoms with Crippen LogP contribution in [0.4, 0.5) is 0 Å². The van der Waals surface area contributed by atoms with Crippen LogP contribution in [0.2, 0.25) is 0 Å². The van der Waals surface area contributed by atoms with Crippen LogP contribution in [0.5, 0.6) is 0 Å². The average Bonchev–Trinajstić information content (AvgIpc) is 4.28. The van der Waals surface area contributed by atoms with Crippen molar-refractivity contribution in [3.63, 3.8) is 0 Å². The van der Waals surface area contributed by atoms with E-state index in [1.807, 2.05) is 6.07 Å². The molecule has 0 unspecified atom stereocenters. The van der Waals surface area contributed by atoms with E-state index in [1.165, 1.54) is 163 Å². The first-order chi connectivity index (χ1) is 39.2. The SMILES string of the molecule is Bc1c(B)c(B)c(S(c2ccccc2)(c2ccccc2)c2cc(-c3c#cccc3)c(-n3c4c(c5cc(-c6c(B)c(B)c(B)c7c8c(B)c(B)c(B)c(B)c8n(-c8ccccc8)c67)ccc53)C=CCC4)c(-c3ccccc3)c2)c(B)c1B.